The molecule has 0 spiro atoms. The molecule has 0 aliphatic carbocycles. The van der Waals surface area contributed by atoms with Crippen LogP contribution in [0.4, 0.5) is 0 Å². The fraction of sp³-hybridized carbons (Fsp3) is 0.364. The topological polar surface area (TPSA) is 42.3 Å². The van der Waals surface area contributed by atoms with Crippen LogP contribution in [0, 0.1) is 12.3 Å². The first-order chi connectivity index (χ1) is 6.72. The van der Waals surface area contributed by atoms with Crippen LogP contribution in [-0.4, -0.2) is 19.1 Å². The first-order valence-electron chi connectivity index (χ1n) is 4.62. The molecule has 0 amide bonds. The Hall–Kier alpha value is -1.51. The fourth-order valence-electron chi connectivity index (χ4n) is 0.999. The molecular formula is C11H15NO2. The summed E-state index contributed by atoms with van der Waals surface area (Å²) in [5, 5.41) is 7.33. The molecule has 0 atom stereocenters. The van der Waals surface area contributed by atoms with Crippen molar-refractivity contribution in [3.05, 3.63) is 29.8 Å². The second-order valence-corrected chi connectivity index (χ2v) is 2.96. The Kier molecular flexibility index (Phi) is 3.98. The quantitative estimate of drug-likeness (QED) is 0.589. The van der Waals surface area contributed by atoms with E-state index in [1.165, 1.54) is 5.56 Å². The van der Waals surface area contributed by atoms with Gasteiger partial charge in [0, 0.05) is 0 Å². The van der Waals surface area contributed by atoms with Crippen molar-refractivity contribution in [2.75, 3.05) is 13.2 Å². The number of hydrogen-bond acceptors (Lipinski definition) is 3. The van der Waals surface area contributed by atoms with Gasteiger partial charge in [-0.1, -0.05) is 17.7 Å². The predicted octanol–water partition coefficient (Wildman–Crippen LogP) is 2.39. The summed E-state index contributed by atoms with van der Waals surface area (Å²) in [6.45, 7) is 4.57. The van der Waals surface area contributed by atoms with Gasteiger partial charge in [0.15, 0.2) is 6.61 Å². The Morgan fingerprint density at radius 3 is 2.50 bits per heavy atom. The van der Waals surface area contributed by atoms with Gasteiger partial charge >= 0.3 is 0 Å². The predicted molar refractivity (Wildman–Crippen MR) is 56.0 cm³/mol. The average molecular weight is 193 g/mol. The van der Waals surface area contributed by atoms with E-state index >= 15 is 0 Å². The molecule has 0 aliphatic rings. The summed E-state index contributed by atoms with van der Waals surface area (Å²) in [5.74, 6) is 0.924. The van der Waals surface area contributed by atoms with Crippen LogP contribution < -0.4 is 4.74 Å². The summed E-state index contributed by atoms with van der Waals surface area (Å²) < 4.78 is 10.3. The Balaban J connectivity index is 2.38. The Bertz CT molecular complexity index is 293. The number of ether oxygens (including phenoxy) is 2. The van der Waals surface area contributed by atoms with Crippen LogP contribution >= 0.6 is 0 Å². The molecule has 0 heterocycles. The zero-order chi connectivity index (χ0) is 10.4. The standard InChI is InChI=1S/C11H15NO2/c1-3-13-11(12)8-14-10-6-4-9(2)5-7-10/h4-7,12H,3,8H2,1-2H3. The molecule has 3 heteroatoms. The summed E-state index contributed by atoms with van der Waals surface area (Å²) in [7, 11) is 0. The Morgan fingerprint density at radius 2 is 1.93 bits per heavy atom. The lowest BCUT2D eigenvalue weighted by molar-refractivity contribution is 0.273. The third-order valence-electron chi connectivity index (χ3n) is 1.71. The third kappa shape index (κ3) is 3.47. The Labute approximate surface area is 84.2 Å². The molecule has 3 nitrogen and oxygen atoms in total. The molecule has 0 aliphatic heterocycles. The maximum absolute atomic E-state index is 7.33. The van der Waals surface area contributed by atoms with Crippen molar-refractivity contribution >= 4 is 5.90 Å². The van der Waals surface area contributed by atoms with Crippen molar-refractivity contribution in [1.29, 1.82) is 5.41 Å². The zero-order valence-corrected chi connectivity index (χ0v) is 8.54. The van der Waals surface area contributed by atoms with Crippen LogP contribution in [-0.2, 0) is 4.74 Å². The number of hydrogen-bond donors (Lipinski definition) is 1. The van der Waals surface area contributed by atoms with Gasteiger partial charge < -0.3 is 9.47 Å². The number of aryl methyl sites for hydroxylation is 1. The van der Waals surface area contributed by atoms with E-state index < -0.39 is 0 Å². The van der Waals surface area contributed by atoms with Gasteiger partial charge in [0.2, 0.25) is 5.90 Å². The summed E-state index contributed by atoms with van der Waals surface area (Å²) in [6.07, 6.45) is 0. The number of nitrogens with one attached hydrogen (secondary N) is 1. The van der Waals surface area contributed by atoms with Crippen molar-refractivity contribution < 1.29 is 9.47 Å². The molecule has 0 aromatic heterocycles. The van der Waals surface area contributed by atoms with Crippen molar-refractivity contribution in [3.63, 3.8) is 0 Å². The molecule has 0 unspecified atom stereocenters. The first kappa shape index (κ1) is 10.6. The lowest BCUT2D eigenvalue weighted by Gasteiger charge is -2.07. The Morgan fingerprint density at radius 1 is 1.29 bits per heavy atom. The zero-order valence-electron chi connectivity index (χ0n) is 8.54. The lowest BCUT2D eigenvalue weighted by atomic mass is 10.2. The molecule has 0 radical (unpaired) electrons. The minimum absolute atomic E-state index is 0.160. The maximum Gasteiger partial charge on any atom is 0.219 e. The highest BCUT2D eigenvalue weighted by atomic mass is 16.5. The SMILES string of the molecule is CCOC(=N)COc1ccc(C)cc1. The van der Waals surface area contributed by atoms with E-state index in [-0.39, 0.29) is 12.5 Å². The van der Waals surface area contributed by atoms with Crippen LogP contribution in [0.15, 0.2) is 24.3 Å². The molecule has 14 heavy (non-hydrogen) atoms. The molecule has 0 saturated heterocycles. The molecule has 0 fully saturated rings. The van der Waals surface area contributed by atoms with Crippen LogP contribution in [0.25, 0.3) is 0 Å². The van der Waals surface area contributed by atoms with E-state index in [2.05, 4.69) is 0 Å². The lowest BCUT2D eigenvalue weighted by Crippen LogP contribution is -2.13. The van der Waals surface area contributed by atoms with Gasteiger partial charge in [0.05, 0.1) is 6.61 Å². The van der Waals surface area contributed by atoms with E-state index in [0.29, 0.717) is 6.61 Å². The second-order valence-electron chi connectivity index (χ2n) is 2.96. The summed E-state index contributed by atoms with van der Waals surface area (Å²) in [6, 6.07) is 7.71. The maximum atomic E-state index is 7.33. The second kappa shape index (κ2) is 5.27. The van der Waals surface area contributed by atoms with E-state index in [4.69, 9.17) is 14.9 Å². The fourth-order valence-corrected chi connectivity index (χ4v) is 0.999. The molecule has 1 aromatic rings. The van der Waals surface area contributed by atoms with E-state index in [1.54, 1.807) is 0 Å². The van der Waals surface area contributed by atoms with E-state index in [0.717, 1.165) is 5.75 Å². The van der Waals surface area contributed by atoms with Gasteiger partial charge in [-0.15, -0.1) is 0 Å². The molecule has 1 rings (SSSR count). The molecule has 0 saturated carbocycles. The first-order valence-corrected chi connectivity index (χ1v) is 4.62. The van der Waals surface area contributed by atoms with Gasteiger partial charge in [-0.2, -0.15) is 0 Å². The van der Waals surface area contributed by atoms with Crippen molar-refractivity contribution in [2.24, 2.45) is 0 Å². The molecule has 76 valence electrons. The highest BCUT2D eigenvalue weighted by Crippen LogP contribution is 2.10. The highest BCUT2D eigenvalue weighted by Gasteiger charge is 1.98. The minimum atomic E-state index is 0.160. The van der Waals surface area contributed by atoms with Gasteiger partial charge in [0.25, 0.3) is 0 Å². The monoisotopic (exact) mass is 193 g/mol. The molecule has 0 bridgehead atoms. The van der Waals surface area contributed by atoms with Crippen LogP contribution in [0.2, 0.25) is 0 Å². The molecule has 1 N–H and O–H groups in total. The van der Waals surface area contributed by atoms with Gasteiger partial charge in [-0.05, 0) is 26.0 Å². The summed E-state index contributed by atoms with van der Waals surface area (Å²) in [5.41, 5.74) is 1.19. The minimum Gasteiger partial charge on any atom is -0.484 e. The van der Waals surface area contributed by atoms with Crippen LogP contribution in [0.1, 0.15) is 12.5 Å². The van der Waals surface area contributed by atoms with Crippen LogP contribution in [0.3, 0.4) is 0 Å². The molecule has 1 aromatic carbocycles. The van der Waals surface area contributed by atoms with Crippen molar-refractivity contribution in [1.82, 2.24) is 0 Å². The van der Waals surface area contributed by atoms with E-state index in [9.17, 15) is 0 Å². The normalized spacial score (nSPS) is 9.57. The third-order valence-corrected chi connectivity index (χ3v) is 1.71. The largest absolute Gasteiger partial charge is 0.484 e. The average Bonchev–Trinajstić information content (AvgIpc) is 2.17. The van der Waals surface area contributed by atoms with E-state index in [1.807, 2.05) is 38.1 Å². The van der Waals surface area contributed by atoms with Crippen molar-refractivity contribution in [3.8, 4) is 5.75 Å². The summed E-state index contributed by atoms with van der Waals surface area (Å²) in [4.78, 5) is 0. The van der Waals surface area contributed by atoms with Gasteiger partial charge in [-0.3, -0.25) is 5.41 Å². The number of benzene rings is 1. The van der Waals surface area contributed by atoms with Gasteiger partial charge in [-0.25, -0.2) is 0 Å². The number of rotatable bonds is 4. The molecular weight excluding hydrogens is 178 g/mol. The van der Waals surface area contributed by atoms with Gasteiger partial charge in [0.1, 0.15) is 5.75 Å². The van der Waals surface area contributed by atoms with Crippen LogP contribution in [0.5, 0.6) is 5.75 Å². The van der Waals surface area contributed by atoms with Crippen molar-refractivity contribution in [2.45, 2.75) is 13.8 Å². The smallest absolute Gasteiger partial charge is 0.219 e. The highest BCUT2D eigenvalue weighted by molar-refractivity contribution is 5.74. The summed E-state index contributed by atoms with van der Waals surface area (Å²) >= 11 is 0.